The summed E-state index contributed by atoms with van der Waals surface area (Å²) in [5, 5.41) is 13.8. The molecule has 1 atom stereocenters. The monoisotopic (exact) mass is 351 g/mol. The molecule has 1 heterocycles. The first-order valence-electron chi connectivity index (χ1n) is 7.45. The molecule has 2 aromatic rings. The predicted molar refractivity (Wildman–Crippen MR) is 91.5 cm³/mol. The van der Waals surface area contributed by atoms with E-state index in [4.69, 9.17) is 16.3 Å². The Bertz CT molecular complexity index is 730. The highest BCUT2D eigenvalue weighted by molar-refractivity contribution is 7.17. The van der Waals surface area contributed by atoms with E-state index in [1.807, 2.05) is 18.2 Å². The van der Waals surface area contributed by atoms with E-state index in [2.05, 4.69) is 5.32 Å². The first-order chi connectivity index (χ1) is 11.0. The van der Waals surface area contributed by atoms with E-state index < -0.39 is 5.60 Å². The average molecular weight is 352 g/mol. The van der Waals surface area contributed by atoms with Gasteiger partial charge in [-0.3, -0.25) is 4.79 Å². The number of fused-ring (bicyclic) bond motifs is 1. The molecule has 0 bridgehead atoms. The van der Waals surface area contributed by atoms with Gasteiger partial charge < -0.3 is 15.2 Å². The lowest BCUT2D eigenvalue weighted by Crippen LogP contribution is -2.42. The normalized spacial score (nSPS) is 20.0. The summed E-state index contributed by atoms with van der Waals surface area (Å²) in [5.41, 5.74) is 0.900. The smallest absolute Gasteiger partial charge is 0.261 e. The molecule has 0 unspecified atom stereocenters. The number of hydrogen-bond donors (Lipinski definition) is 2. The molecule has 0 radical (unpaired) electrons. The van der Waals surface area contributed by atoms with Crippen molar-refractivity contribution in [3.63, 3.8) is 0 Å². The number of aliphatic hydroxyl groups is 1. The molecule has 1 aliphatic carbocycles. The molecule has 122 valence electrons. The number of carbonyl (C=O) groups is 1. The minimum Gasteiger partial charge on any atom is -0.497 e. The Labute approximate surface area is 144 Å². The highest BCUT2D eigenvalue weighted by Gasteiger charge is 2.35. The maximum atomic E-state index is 12.2. The van der Waals surface area contributed by atoms with Crippen LogP contribution in [-0.2, 0) is 12.0 Å². The van der Waals surface area contributed by atoms with Gasteiger partial charge in [0.05, 0.1) is 22.9 Å². The van der Waals surface area contributed by atoms with Crippen molar-refractivity contribution in [1.29, 1.82) is 0 Å². The fourth-order valence-corrected chi connectivity index (χ4v) is 3.96. The van der Waals surface area contributed by atoms with Gasteiger partial charge in [0, 0.05) is 0 Å². The van der Waals surface area contributed by atoms with E-state index in [1.165, 1.54) is 11.3 Å². The van der Waals surface area contributed by atoms with Crippen LogP contribution in [0.4, 0.5) is 0 Å². The van der Waals surface area contributed by atoms with Crippen molar-refractivity contribution in [1.82, 2.24) is 5.32 Å². The van der Waals surface area contributed by atoms with Crippen LogP contribution in [0.15, 0.2) is 30.3 Å². The SMILES string of the molecule is COc1ccc2c(c1)CCC[C@]2(O)CNC(=O)c1ccc(Cl)s1. The second-order valence-electron chi connectivity index (χ2n) is 5.69. The molecule has 1 amide bonds. The van der Waals surface area contributed by atoms with Gasteiger partial charge in [-0.05, 0) is 54.7 Å². The number of nitrogens with one attached hydrogen (secondary N) is 1. The van der Waals surface area contributed by atoms with Gasteiger partial charge in [-0.15, -0.1) is 11.3 Å². The molecule has 0 saturated carbocycles. The zero-order valence-electron chi connectivity index (χ0n) is 12.8. The molecule has 1 aromatic heterocycles. The highest BCUT2D eigenvalue weighted by Crippen LogP contribution is 2.36. The van der Waals surface area contributed by atoms with E-state index in [0.29, 0.717) is 15.6 Å². The Kier molecular flexibility index (Phi) is 4.62. The Morgan fingerprint density at radius 3 is 2.96 bits per heavy atom. The third-order valence-electron chi connectivity index (χ3n) is 4.19. The second-order valence-corrected chi connectivity index (χ2v) is 7.41. The highest BCUT2D eigenvalue weighted by atomic mass is 35.5. The van der Waals surface area contributed by atoms with E-state index >= 15 is 0 Å². The molecule has 23 heavy (non-hydrogen) atoms. The van der Waals surface area contributed by atoms with Crippen LogP contribution in [0.2, 0.25) is 4.34 Å². The molecule has 3 rings (SSSR count). The number of thiophene rings is 1. The summed E-state index contributed by atoms with van der Waals surface area (Å²) < 4.78 is 5.82. The van der Waals surface area contributed by atoms with Gasteiger partial charge >= 0.3 is 0 Å². The molecule has 0 aliphatic heterocycles. The van der Waals surface area contributed by atoms with Gasteiger partial charge in [-0.1, -0.05) is 17.7 Å². The van der Waals surface area contributed by atoms with E-state index in [-0.39, 0.29) is 12.5 Å². The summed E-state index contributed by atoms with van der Waals surface area (Å²) in [7, 11) is 1.63. The number of carbonyl (C=O) groups excluding carboxylic acids is 1. The molecule has 4 nitrogen and oxygen atoms in total. The molecule has 0 spiro atoms. The van der Waals surface area contributed by atoms with Gasteiger partial charge in [0.15, 0.2) is 0 Å². The second kappa shape index (κ2) is 6.51. The largest absolute Gasteiger partial charge is 0.497 e. The fraction of sp³-hybridized carbons (Fsp3) is 0.353. The van der Waals surface area contributed by atoms with Crippen molar-refractivity contribution < 1.29 is 14.6 Å². The van der Waals surface area contributed by atoms with Crippen LogP contribution in [0.1, 0.15) is 33.6 Å². The summed E-state index contributed by atoms with van der Waals surface area (Å²) in [5.74, 6) is 0.571. The van der Waals surface area contributed by atoms with Crippen molar-refractivity contribution in [3.8, 4) is 5.75 Å². The van der Waals surface area contributed by atoms with Crippen LogP contribution in [0.5, 0.6) is 5.75 Å². The number of benzene rings is 1. The molecule has 2 N–H and O–H groups in total. The van der Waals surface area contributed by atoms with Crippen molar-refractivity contribution in [2.45, 2.75) is 24.9 Å². The van der Waals surface area contributed by atoms with E-state index in [9.17, 15) is 9.90 Å². The lowest BCUT2D eigenvalue weighted by Gasteiger charge is -2.34. The number of ether oxygens (including phenoxy) is 1. The van der Waals surface area contributed by atoms with E-state index in [1.54, 1.807) is 19.2 Å². The van der Waals surface area contributed by atoms with Gasteiger partial charge in [-0.25, -0.2) is 0 Å². The van der Waals surface area contributed by atoms with Gasteiger partial charge in [0.25, 0.3) is 5.91 Å². The van der Waals surface area contributed by atoms with Gasteiger partial charge in [-0.2, -0.15) is 0 Å². The summed E-state index contributed by atoms with van der Waals surface area (Å²) in [4.78, 5) is 12.7. The Morgan fingerprint density at radius 1 is 1.43 bits per heavy atom. The predicted octanol–water partition coefficient (Wildman–Crippen LogP) is 3.36. The standard InChI is InChI=1S/C17H18ClNO3S/c1-22-12-4-5-13-11(9-12)3-2-8-17(13,21)10-19-16(20)14-6-7-15(18)23-14/h4-7,9,21H,2-3,8,10H2,1H3,(H,19,20)/t17-/m0/s1. The third kappa shape index (κ3) is 3.37. The first kappa shape index (κ1) is 16.3. The van der Waals surface area contributed by atoms with Crippen LogP contribution < -0.4 is 10.1 Å². The molecular weight excluding hydrogens is 334 g/mol. The maximum Gasteiger partial charge on any atom is 0.261 e. The fourth-order valence-electron chi connectivity index (χ4n) is 3.00. The topological polar surface area (TPSA) is 58.6 Å². The van der Waals surface area contributed by atoms with Crippen LogP contribution >= 0.6 is 22.9 Å². The van der Waals surface area contributed by atoms with Crippen molar-refractivity contribution in [2.24, 2.45) is 0 Å². The maximum absolute atomic E-state index is 12.2. The molecule has 1 aromatic carbocycles. The molecule has 0 fully saturated rings. The lowest BCUT2D eigenvalue weighted by molar-refractivity contribution is 0.0189. The summed E-state index contributed by atoms with van der Waals surface area (Å²) >= 11 is 7.08. The van der Waals surface area contributed by atoms with Crippen LogP contribution in [0.3, 0.4) is 0 Å². The minimum absolute atomic E-state index is 0.181. The quantitative estimate of drug-likeness (QED) is 0.888. The minimum atomic E-state index is -1.05. The number of amides is 1. The van der Waals surface area contributed by atoms with Crippen molar-refractivity contribution in [3.05, 3.63) is 50.7 Å². The third-order valence-corrected chi connectivity index (χ3v) is 5.42. The van der Waals surface area contributed by atoms with Crippen molar-refractivity contribution >= 4 is 28.8 Å². The number of aryl methyl sites for hydroxylation is 1. The molecular formula is C17H18ClNO3S. The number of methoxy groups -OCH3 is 1. The number of rotatable bonds is 4. The summed E-state index contributed by atoms with van der Waals surface area (Å²) in [6.45, 7) is 0.181. The van der Waals surface area contributed by atoms with E-state index in [0.717, 1.165) is 29.7 Å². The Balaban J connectivity index is 1.76. The molecule has 1 aliphatic rings. The Morgan fingerprint density at radius 2 is 2.26 bits per heavy atom. The molecule has 0 saturated heterocycles. The van der Waals surface area contributed by atoms with Gasteiger partial charge in [0.2, 0.25) is 0 Å². The number of hydrogen-bond acceptors (Lipinski definition) is 4. The van der Waals surface area contributed by atoms with Gasteiger partial charge in [0.1, 0.15) is 11.4 Å². The van der Waals surface area contributed by atoms with Crippen molar-refractivity contribution in [2.75, 3.05) is 13.7 Å². The number of halogens is 1. The Hall–Kier alpha value is -1.56. The lowest BCUT2D eigenvalue weighted by atomic mass is 9.79. The van der Waals surface area contributed by atoms with Crippen LogP contribution in [-0.4, -0.2) is 24.7 Å². The first-order valence-corrected chi connectivity index (χ1v) is 8.64. The zero-order chi connectivity index (χ0) is 16.4. The van der Waals surface area contributed by atoms with Crippen LogP contribution in [0.25, 0.3) is 0 Å². The molecule has 6 heteroatoms. The summed E-state index contributed by atoms with van der Waals surface area (Å²) in [6.07, 6.45) is 2.40. The average Bonchev–Trinajstić information content (AvgIpc) is 2.99. The summed E-state index contributed by atoms with van der Waals surface area (Å²) in [6, 6.07) is 9.07. The zero-order valence-corrected chi connectivity index (χ0v) is 14.3. The van der Waals surface area contributed by atoms with Crippen LogP contribution in [0, 0.1) is 0 Å².